The fourth-order valence-electron chi connectivity index (χ4n) is 5.58. The summed E-state index contributed by atoms with van der Waals surface area (Å²) in [7, 11) is 2.08. The second-order valence-corrected chi connectivity index (χ2v) is 7.65. The van der Waals surface area contributed by atoms with Crippen LogP contribution < -0.4 is 5.32 Å². The number of nitrogens with one attached hydrogen (secondary N) is 1. The summed E-state index contributed by atoms with van der Waals surface area (Å²) in [5, 5.41) is 3.27. The van der Waals surface area contributed by atoms with E-state index in [1.807, 2.05) is 0 Å². The molecule has 4 bridgehead atoms. The molecule has 5 fully saturated rings. The molecule has 19 heavy (non-hydrogen) atoms. The third-order valence-corrected chi connectivity index (χ3v) is 6.35. The molecule has 106 valence electrons. The largest absolute Gasteiger partial charge is 0.342 e. The minimum atomic E-state index is 0.406. The number of carbonyl (C=O) groups is 1. The smallest absolute Gasteiger partial charge is 0.222 e. The zero-order valence-corrected chi connectivity index (χ0v) is 12.0. The molecule has 0 aromatic heterocycles. The van der Waals surface area contributed by atoms with Gasteiger partial charge in [-0.05, 0) is 74.8 Å². The van der Waals surface area contributed by atoms with Crippen LogP contribution in [-0.2, 0) is 4.79 Å². The molecule has 1 saturated heterocycles. The van der Waals surface area contributed by atoms with Crippen LogP contribution >= 0.6 is 0 Å². The Morgan fingerprint density at radius 1 is 1.05 bits per heavy atom. The van der Waals surface area contributed by atoms with Gasteiger partial charge in [-0.3, -0.25) is 4.79 Å². The van der Waals surface area contributed by atoms with Crippen LogP contribution in [0.5, 0.6) is 0 Å². The number of amides is 1. The molecule has 0 radical (unpaired) electrons. The number of rotatable bonds is 3. The first kappa shape index (κ1) is 12.2. The van der Waals surface area contributed by atoms with Crippen molar-refractivity contribution >= 4 is 5.91 Å². The third kappa shape index (κ3) is 2.01. The van der Waals surface area contributed by atoms with E-state index in [1.54, 1.807) is 0 Å². The molecule has 4 aliphatic carbocycles. The lowest BCUT2D eigenvalue weighted by atomic mass is 9.54. The highest BCUT2D eigenvalue weighted by Crippen LogP contribution is 2.55. The average Bonchev–Trinajstić information content (AvgIpc) is 2.32. The molecular weight excluding hydrogens is 236 g/mol. The van der Waals surface area contributed by atoms with E-state index in [1.165, 1.54) is 32.1 Å². The van der Waals surface area contributed by atoms with Gasteiger partial charge < -0.3 is 10.2 Å². The van der Waals surface area contributed by atoms with Crippen molar-refractivity contribution in [3.63, 3.8) is 0 Å². The molecule has 0 spiro atoms. The van der Waals surface area contributed by atoms with Crippen molar-refractivity contribution in [2.45, 2.75) is 44.6 Å². The molecule has 1 N–H and O–H groups in total. The summed E-state index contributed by atoms with van der Waals surface area (Å²) in [6, 6.07) is 0.577. The molecule has 5 aliphatic rings. The minimum absolute atomic E-state index is 0.406. The van der Waals surface area contributed by atoms with Gasteiger partial charge in [-0.15, -0.1) is 0 Å². The Hall–Kier alpha value is -0.570. The molecule has 0 aromatic carbocycles. The van der Waals surface area contributed by atoms with E-state index in [9.17, 15) is 4.79 Å². The lowest BCUT2D eigenvalue weighted by molar-refractivity contribution is -0.142. The van der Waals surface area contributed by atoms with Crippen molar-refractivity contribution < 1.29 is 4.79 Å². The molecule has 0 unspecified atom stereocenters. The number of hydrogen-bond donors (Lipinski definition) is 1. The topological polar surface area (TPSA) is 32.3 Å². The van der Waals surface area contributed by atoms with Gasteiger partial charge in [0, 0.05) is 19.5 Å². The van der Waals surface area contributed by atoms with Gasteiger partial charge in [-0.1, -0.05) is 0 Å². The van der Waals surface area contributed by atoms with Crippen LogP contribution in [0.25, 0.3) is 0 Å². The second-order valence-electron chi connectivity index (χ2n) is 7.65. The Morgan fingerprint density at radius 3 is 2.11 bits per heavy atom. The molecule has 1 heterocycles. The van der Waals surface area contributed by atoms with E-state index < -0.39 is 0 Å². The summed E-state index contributed by atoms with van der Waals surface area (Å²) < 4.78 is 0. The predicted octanol–water partition coefficient (Wildman–Crippen LogP) is 1.88. The maximum absolute atomic E-state index is 12.5. The minimum Gasteiger partial charge on any atom is -0.342 e. The van der Waals surface area contributed by atoms with Gasteiger partial charge in [-0.25, -0.2) is 0 Å². The van der Waals surface area contributed by atoms with Gasteiger partial charge in [0.1, 0.15) is 0 Å². The van der Waals surface area contributed by atoms with Gasteiger partial charge in [0.05, 0.1) is 0 Å². The Morgan fingerprint density at radius 2 is 1.63 bits per heavy atom. The summed E-state index contributed by atoms with van der Waals surface area (Å²) >= 11 is 0. The molecule has 5 rings (SSSR count). The van der Waals surface area contributed by atoms with Crippen molar-refractivity contribution in [3.05, 3.63) is 0 Å². The van der Waals surface area contributed by atoms with Gasteiger partial charge in [0.15, 0.2) is 0 Å². The monoisotopic (exact) mass is 262 g/mol. The average molecular weight is 262 g/mol. The summed E-state index contributed by atoms with van der Waals surface area (Å²) in [4.78, 5) is 14.6. The summed E-state index contributed by atoms with van der Waals surface area (Å²) in [5.74, 6) is 4.65. The van der Waals surface area contributed by atoms with Crippen molar-refractivity contribution in [2.24, 2.45) is 29.6 Å². The van der Waals surface area contributed by atoms with Crippen LogP contribution in [-0.4, -0.2) is 37.0 Å². The SMILES string of the molecule is CN(C(=O)CC1CNC1)C1C2CC3CC(C2)CC1C3. The Kier molecular flexibility index (Phi) is 2.87. The molecule has 1 aliphatic heterocycles. The summed E-state index contributed by atoms with van der Waals surface area (Å²) in [6.45, 7) is 2.09. The van der Waals surface area contributed by atoms with E-state index in [0.717, 1.165) is 43.2 Å². The molecule has 3 nitrogen and oxygen atoms in total. The lowest BCUT2D eigenvalue weighted by Crippen LogP contribution is -2.57. The van der Waals surface area contributed by atoms with Crippen molar-refractivity contribution in [3.8, 4) is 0 Å². The van der Waals surface area contributed by atoms with E-state index in [0.29, 0.717) is 17.9 Å². The van der Waals surface area contributed by atoms with E-state index in [4.69, 9.17) is 0 Å². The van der Waals surface area contributed by atoms with Crippen molar-refractivity contribution in [1.29, 1.82) is 0 Å². The van der Waals surface area contributed by atoms with Crippen LogP contribution in [0.3, 0.4) is 0 Å². The molecule has 4 saturated carbocycles. The van der Waals surface area contributed by atoms with Gasteiger partial charge in [-0.2, -0.15) is 0 Å². The Balaban J connectivity index is 1.44. The number of nitrogens with zero attached hydrogens (tertiary/aromatic N) is 1. The highest BCUT2D eigenvalue weighted by Gasteiger charge is 2.50. The summed E-state index contributed by atoms with van der Waals surface area (Å²) in [6.07, 6.45) is 7.87. The van der Waals surface area contributed by atoms with E-state index >= 15 is 0 Å². The summed E-state index contributed by atoms with van der Waals surface area (Å²) in [5.41, 5.74) is 0. The van der Waals surface area contributed by atoms with Gasteiger partial charge in [0.2, 0.25) is 5.91 Å². The number of carbonyl (C=O) groups excluding carboxylic acids is 1. The van der Waals surface area contributed by atoms with E-state index in [-0.39, 0.29) is 0 Å². The first-order valence-corrected chi connectivity index (χ1v) is 8.17. The Labute approximate surface area is 116 Å². The quantitative estimate of drug-likeness (QED) is 0.842. The first-order valence-electron chi connectivity index (χ1n) is 8.17. The maximum atomic E-state index is 12.5. The lowest BCUT2D eigenvalue weighted by Gasteiger charge is -2.56. The number of hydrogen-bond acceptors (Lipinski definition) is 2. The van der Waals surface area contributed by atoms with Crippen LogP contribution in [0.4, 0.5) is 0 Å². The molecule has 0 aromatic rings. The highest BCUT2D eigenvalue weighted by atomic mass is 16.2. The second kappa shape index (κ2) is 4.47. The molecular formula is C16H26N2O. The maximum Gasteiger partial charge on any atom is 0.222 e. The van der Waals surface area contributed by atoms with Gasteiger partial charge in [0.25, 0.3) is 0 Å². The Bertz CT molecular complexity index is 349. The van der Waals surface area contributed by atoms with Crippen molar-refractivity contribution in [1.82, 2.24) is 10.2 Å². The standard InChI is InChI=1S/C16H26N2O/c1-18(15(19)7-12-8-17-9-12)16-13-3-10-2-11(5-13)6-14(16)4-10/h10-14,16-17H,2-9H2,1H3. The highest BCUT2D eigenvalue weighted by molar-refractivity contribution is 5.76. The third-order valence-electron chi connectivity index (χ3n) is 6.35. The van der Waals surface area contributed by atoms with E-state index in [2.05, 4.69) is 17.3 Å². The molecule has 3 heteroatoms. The van der Waals surface area contributed by atoms with Crippen molar-refractivity contribution in [2.75, 3.05) is 20.1 Å². The normalized spacial score (nSPS) is 44.2. The first-order chi connectivity index (χ1) is 9.20. The molecule has 0 atom stereocenters. The molecule has 1 amide bonds. The van der Waals surface area contributed by atoms with Crippen LogP contribution in [0, 0.1) is 29.6 Å². The fourth-order valence-corrected chi connectivity index (χ4v) is 5.58. The zero-order valence-electron chi connectivity index (χ0n) is 12.0. The fraction of sp³-hybridized carbons (Fsp3) is 0.938. The van der Waals surface area contributed by atoms with Gasteiger partial charge >= 0.3 is 0 Å². The van der Waals surface area contributed by atoms with Crippen LogP contribution in [0.1, 0.15) is 38.5 Å². The van der Waals surface area contributed by atoms with Crippen LogP contribution in [0.2, 0.25) is 0 Å². The zero-order chi connectivity index (χ0) is 13.0. The van der Waals surface area contributed by atoms with Crippen LogP contribution in [0.15, 0.2) is 0 Å². The predicted molar refractivity (Wildman–Crippen MR) is 74.6 cm³/mol.